The van der Waals surface area contributed by atoms with Crippen LogP contribution in [-0.4, -0.2) is 91.5 Å². The Bertz CT molecular complexity index is 1870. The molecule has 0 bridgehead atoms. The highest BCUT2D eigenvalue weighted by molar-refractivity contribution is 7.90. The predicted molar refractivity (Wildman–Crippen MR) is 163 cm³/mol. The molecule has 19 heteroatoms. The molecule has 3 aromatic carbocycles. The second kappa shape index (κ2) is 15.5. The van der Waals surface area contributed by atoms with Crippen LogP contribution in [0, 0.1) is 0 Å². The number of carbonyl (C=O) groups excluding carboxylic acids is 1. The number of amidine groups is 1. The van der Waals surface area contributed by atoms with Crippen molar-refractivity contribution < 1.29 is 59.8 Å². The van der Waals surface area contributed by atoms with E-state index in [-0.39, 0.29) is 22.8 Å². The lowest BCUT2D eigenvalue weighted by atomic mass is 10.0. The van der Waals surface area contributed by atoms with E-state index in [1.54, 1.807) is 48.5 Å². The van der Waals surface area contributed by atoms with Crippen LogP contribution in [0.2, 0.25) is 0 Å². The Balaban J connectivity index is 0.000000984. The molecule has 1 unspecified atom stereocenters. The van der Waals surface area contributed by atoms with Gasteiger partial charge in [-0.1, -0.05) is 53.7 Å². The quantitative estimate of drug-likeness (QED) is 0.0842. The number of carbonyl (C=O) groups is 3. The average Bonchev–Trinajstić information content (AvgIpc) is 2.97. The first kappa shape index (κ1) is 38.2. The van der Waals surface area contributed by atoms with Crippen LogP contribution in [0.3, 0.4) is 0 Å². The second-order valence-corrected chi connectivity index (χ2v) is 13.7. The van der Waals surface area contributed by atoms with Crippen LogP contribution in [0.5, 0.6) is 0 Å². The first-order valence-electron chi connectivity index (χ1n) is 12.9. The molecule has 0 saturated carbocycles. The van der Waals surface area contributed by atoms with Crippen LogP contribution in [0.4, 0.5) is 18.9 Å². The monoisotopic (exact) mass is 702 g/mol. The molecule has 0 radical (unpaired) electrons. The first-order valence-corrected chi connectivity index (χ1v) is 16.6. The number of aliphatic carboxylic acids is 2. The number of halogens is 3. The van der Waals surface area contributed by atoms with Gasteiger partial charge >= 0.3 is 18.1 Å². The molecule has 3 rings (SSSR count). The molecule has 0 saturated heterocycles. The fourth-order valence-electron chi connectivity index (χ4n) is 4.04. The van der Waals surface area contributed by atoms with E-state index in [1.165, 1.54) is 24.3 Å². The van der Waals surface area contributed by atoms with E-state index in [0.717, 1.165) is 12.5 Å². The molecule has 0 spiro atoms. The standard InChI is InChI=1S/C26H28N4O8S2.C2HF3O2/c1-39(35,36)23-9-4-3-8-21(23)18-10-12-20(13-11-18)28-26(33)22(30(16-24(31)32)40(2,37)38)15-17-6-5-7-19(14-17)25(27)29-34;3-2(4,5)1(6)7/h3-14,22,34H,15-16H2,1-2H3,(H2,27,29)(H,28,33)(H,31,32);(H,6,7). The molecule has 0 aromatic heterocycles. The highest BCUT2D eigenvalue weighted by atomic mass is 32.2. The second-order valence-electron chi connectivity index (χ2n) is 9.75. The van der Waals surface area contributed by atoms with Crippen molar-refractivity contribution in [3.63, 3.8) is 0 Å². The Labute approximate surface area is 266 Å². The molecule has 0 aliphatic heterocycles. The molecule has 0 aliphatic carbocycles. The molecule has 254 valence electrons. The summed E-state index contributed by atoms with van der Waals surface area (Å²) >= 11 is 0. The Hall–Kier alpha value is -5.01. The molecular formula is C28H29F3N4O10S2. The summed E-state index contributed by atoms with van der Waals surface area (Å²) < 4.78 is 81.8. The third-order valence-corrected chi connectivity index (χ3v) is 8.51. The molecule has 14 nitrogen and oxygen atoms in total. The number of benzene rings is 3. The Morgan fingerprint density at radius 2 is 1.51 bits per heavy atom. The third kappa shape index (κ3) is 11.4. The van der Waals surface area contributed by atoms with Crippen molar-refractivity contribution in [3.8, 4) is 11.1 Å². The molecule has 0 heterocycles. The molecule has 0 fully saturated rings. The molecule has 3 aromatic rings. The predicted octanol–water partition coefficient (Wildman–Crippen LogP) is 2.38. The zero-order valence-corrected chi connectivity index (χ0v) is 26.2. The van der Waals surface area contributed by atoms with Crippen molar-refractivity contribution in [2.24, 2.45) is 10.9 Å². The van der Waals surface area contributed by atoms with Gasteiger partial charge in [0, 0.05) is 23.1 Å². The fraction of sp³-hybridized carbons (Fsp3) is 0.214. The van der Waals surface area contributed by atoms with E-state index in [9.17, 15) is 44.7 Å². The first-order chi connectivity index (χ1) is 21.6. The zero-order chi connectivity index (χ0) is 35.7. The summed E-state index contributed by atoms with van der Waals surface area (Å²) in [5.74, 6) is -5.22. The number of sulfonamides is 1. The highest BCUT2D eigenvalue weighted by Gasteiger charge is 2.38. The zero-order valence-electron chi connectivity index (χ0n) is 24.5. The lowest BCUT2D eigenvalue weighted by Gasteiger charge is -2.28. The van der Waals surface area contributed by atoms with Crippen LogP contribution in [0.15, 0.2) is 82.8 Å². The molecule has 6 N–H and O–H groups in total. The van der Waals surface area contributed by atoms with Crippen molar-refractivity contribution in [1.29, 1.82) is 0 Å². The van der Waals surface area contributed by atoms with Crippen LogP contribution in [0.25, 0.3) is 11.1 Å². The van der Waals surface area contributed by atoms with Gasteiger partial charge in [-0.05, 0) is 41.8 Å². The Kier molecular flexibility index (Phi) is 12.6. The van der Waals surface area contributed by atoms with E-state index in [1.807, 2.05) is 0 Å². The van der Waals surface area contributed by atoms with Gasteiger partial charge in [-0.25, -0.2) is 21.6 Å². The number of anilines is 1. The van der Waals surface area contributed by atoms with Crippen LogP contribution >= 0.6 is 0 Å². The number of sulfone groups is 1. The van der Waals surface area contributed by atoms with E-state index in [0.29, 0.717) is 26.6 Å². The molecular weight excluding hydrogens is 673 g/mol. The number of carboxylic acid groups (broad SMARTS) is 2. The summed E-state index contributed by atoms with van der Waals surface area (Å²) in [6.45, 7) is -0.960. The minimum Gasteiger partial charge on any atom is -0.480 e. The van der Waals surface area contributed by atoms with Crippen molar-refractivity contribution in [2.45, 2.75) is 23.5 Å². The SMILES string of the molecule is CS(=O)(=O)c1ccccc1-c1ccc(NC(=O)C(Cc2cccc(/C(N)=N/O)c2)N(CC(=O)O)S(C)(=O)=O)cc1.O=C(O)C(F)(F)F. The smallest absolute Gasteiger partial charge is 0.480 e. The fourth-order valence-corrected chi connectivity index (χ4v) is 5.93. The molecule has 0 aliphatic rings. The summed E-state index contributed by atoms with van der Waals surface area (Å²) in [5, 5.41) is 31.0. The summed E-state index contributed by atoms with van der Waals surface area (Å²) in [7, 11) is -7.67. The van der Waals surface area contributed by atoms with Crippen LogP contribution in [0.1, 0.15) is 11.1 Å². The number of nitrogens with one attached hydrogen (secondary N) is 1. The topological polar surface area (TPSA) is 234 Å². The molecule has 1 amide bonds. The maximum atomic E-state index is 13.4. The summed E-state index contributed by atoms with van der Waals surface area (Å²) in [6.07, 6.45) is -3.40. The van der Waals surface area contributed by atoms with Gasteiger partial charge < -0.3 is 26.5 Å². The van der Waals surface area contributed by atoms with Crippen LogP contribution < -0.4 is 11.1 Å². The van der Waals surface area contributed by atoms with Crippen molar-refractivity contribution in [3.05, 3.63) is 83.9 Å². The van der Waals surface area contributed by atoms with Gasteiger partial charge in [0.15, 0.2) is 15.7 Å². The van der Waals surface area contributed by atoms with Crippen LogP contribution in [-0.2, 0) is 40.7 Å². The van der Waals surface area contributed by atoms with E-state index in [2.05, 4.69) is 10.5 Å². The largest absolute Gasteiger partial charge is 0.490 e. The number of nitrogens with zero attached hydrogens (tertiary/aromatic N) is 2. The number of amides is 1. The van der Waals surface area contributed by atoms with Gasteiger partial charge in [0.25, 0.3) is 0 Å². The van der Waals surface area contributed by atoms with Crippen molar-refractivity contribution >= 4 is 49.2 Å². The van der Waals surface area contributed by atoms with Gasteiger partial charge in [-0.3, -0.25) is 9.59 Å². The lowest BCUT2D eigenvalue weighted by Crippen LogP contribution is -2.50. The van der Waals surface area contributed by atoms with Crippen molar-refractivity contribution in [2.75, 3.05) is 24.4 Å². The number of alkyl halides is 3. The minimum absolute atomic E-state index is 0.137. The molecule has 47 heavy (non-hydrogen) atoms. The maximum Gasteiger partial charge on any atom is 0.490 e. The van der Waals surface area contributed by atoms with E-state index < -0.39 is 56.5 Å². The third-order valence-electron chi connectivity index (χ3n) is 6.12. The number of hydrogen-bond donors (Lipinski definition) is 5. The highest BCUT2D eigenvalue weighted by Crippen LogP contribution is 2.28. The Morgan fingerprint density at radius 3 is 2.00 bits per heavy atom. The van der Waals surface area contributed by atoms with Gasteiger partial charge in [-0.2, -0.15) is 17.5 Å². The number of carboxylic acids is 2. The number of nitrogens with two attached hydrogens (primary N) is 1. The van der Waals surface area contributed by atoms with Gasteiger partial charge in [0.2, 0.25) is 15.9 Å². The average molecular weight is 703 g/mol. The maximum absolute atomic E-state index is 13.4. The summed E-state index contributed by atoms with van der Waals surface area (Å²) in [6, 6.07) is 17.4. The van der Waals surface area contributed by atoms with Gasteiger partial charge in [0.1, 0.15) is 12.6 Å². The van der Waals surface area contributed by atoms with Crippen molar-refractivity contribution in [1.82, 2.24) is 4.31 Å². The lowest BCUT2D eigenvalue weighted by molar-refractivity contribution is -0.192. The summed E-state index contributed by atoms with van der Waals surface area (Å²) in [5.41, 5.74) is 7.69. The molecule has 1 atom stereocenters. The Morgan fingerprint density at radius 1 is 0.936 bits per heavy atom. The van der Waals surface area contributed by atoms with Gasteiger partial charge in [0.05, 0.1) is 11.2 Å². The van der Waals surface area contributed by atoms with E-state index in [4.69, 9.17) is 20.8 Å². The minimum atomic E-state index is -5.08. The van der Waals surface area contributed by atoms with Gasteiger partial charge in [-0.15, -0.1) is 0 Å². The number of oxime groups is 1. The summed E-state index contributed by atoms with van der Waals surface area (Å²) in [4.78, 5) is 34.0. The number of hydrogen-bond acceptors (Lipinski definition) is 9. The number of rotatable bonds is 11. The van der Waals surface area contributed by atoms with E-state index >= 15 is 0 Å². The normalized spacial score (nSPS) is 12.9.